The third kappa shape index (κ3) is 5.84. The maximum atomic E-state index is 12.5. The van der Waals surface area contributed by atoms with E-state index in [9.17, 15) is 13.2 Å². The number of benzene rings is 1. The van der Waals surface area contributed by atoms with Crippen molar-refractivity contribution in [3.63, 3.8) is 0 Å². The number of hydrogen-bond acceptors (Lipinski definition) is 4. The second-order valence-electron chi connectivity index (χ2n) is 5.60. The minimum absolute atomic E-state index is 0.0172. The number of nitrogens with one attached hydrogen (secondary N) is 2. The average Bonchev–Trinajstić information content (AvgIpc) is 2.47. The molecule has 0 aliphatic heterocycles. The second-order valence-corrected chi connectivity index (χ2v) is 7.34. The van der Waals surface area contributed by atoms with Crippen molar-refractivity contribution in [3.05, 3.63) is 23.8 Å². The number of unbranched alkanes of at least 4 members (excludes halogenated alkanes) is 1. The van der Waals surface area contributed by atoms with Gasteiger partial charge in [0.2, 0.25) is 10.0 Å². The third-order valence-corrected chi connectivity index (χ3v) is 4.97. The first-order valence-electron chi connectivity index (χ1n) is 7.95. The van der Waals surface area contributed by atoms with E-state index in [0.717, 1.165) is 25.7 Å². The Morgan fingerprint density at radius 2 is 1.96 bits per heavy atom. The summed E-state index contributed by atoms with van der Waals surface area (Å²) in [7, 11) is -3.76. The summed E-state index contributed by atoms with van der Waals surface area (Å²) in [6, 6.07) is 4.23. The van der Waals surface area contributed by atoms with Gasteiger partial charge in [0, 0.05) is 12.6 Å². The van der Waals surface area contributed by atoms with Crippen LogP contribution in [0.3, 0.4) is 0 Å². The monoisotopic (exact) mass is 342 g/mol. The van der Waals surface area contributed by atoms with Crippen molar-refractivity contribution in [1.82, 2.24) is 4.72 Å². The topological polar surface area (TPSA) is 95.5 Å². The molecule has 1 rings (SSSR count). The SMILES string of the molecule is CCCCNS(=O)(=O)c1cc(C(=O)O)ccc1N[C@@H](C)CCC. The summed E-state index contributed by atoms with van der Waals surface area (Å²) < 4.78 is 27.5. The number of carboxylic acids is 1. The lowest BCUT2D eigenvalue weighted by Gasteiger charge is -2.18. The highest BCUT2D eigenvalue weighted by molar-refractivity contribution is 7.89. The average molecular weight is 342 g/mol. The first-order valence-corrected chi connectivity index (χ1v) is 9.43. The summed E-state index contributed by atoms with van der Waals surface area (Å²) in [5.41, 5.74) is 0.384. The van der Waals surface area contributed by atoms with Crippen LogP contribution in [0.5, 0.6) is 0 Å². The van der Waals surface area contributed by atoms with Crippen LogP contribution >= 0.6 is 0 Å². The lowest BCUT2D eigenvalue weighted by Crippen LogP contribution is -2.27. The fourth-order valence-electron chi connectivity index (χ4n) is 2.23. The van der Waals surface area contributed by atoms with Crippen LogP contribution in [0.4, 0.5) is 5.69 Å². The van der Waals surface area contributed by atoms with Gasteiger partial charge in [0.15, 0.2) is 0 Å². The van der Waals surface area contributed by atoms with Crippen molar-refractivity contribution in [3.8, 4) is 0 Å². The van der Waals surface area contributed by atoms with E-state index in [2.05, 4.69) is 17.0 Å². The van der Waals surface area contributed by atoms with Crippen molar-refractivity contribution >= 4 is 21.7 Å². The first kappa shape index (κ1) is 19.4. The second kappa shape index (κ2) is 8.88. The van der Waals surface area contributed by atoms with Gasteiger partial charge in [-0.3, -0.25) is 0 Å². The van der Waals surface area contributed by atoms with Crippen LogP contribution in [0.15, 0.2) is 23.1 Å². The van der Waals surface area contributed by atoms with E-state index in [4.69, 9.17) is 5.11 Å². The van der Waals surface area contributed by atoms with Gasteiger partial charge < -0.3 is 10.4 Å². The predicted molar refractivity (Wildman–Crippen MR) is 91.5 cm³/mol. The third-order valence-electron chi connectivity index (χ3n) is 3.46. The molecular formula is C16H26N2O4S. The molecule has 1 atom stereocenters. The van der Waals surface area contributed by atoms with Gasteiger partial charge in [-0.1, -0.05) is 26.7 Å². The molecule has 0 spiro atoms. The van der Waals surface area contributed by atoms with Gasteiger partial charge in [-0.25, -0.2) is 17.9 Å². The molecule has 0 bridgehead atoms. The molecule has 0 heterocycles. The normalized spacial score (nSPS) is 12.8. The number of hydrogen-bond donors (Lipinski definition) is 3. The molecule has 0 amide bonds. The van der Waals surface area contributed by atoms with Gasteiger partial charge in [-0.2, -0.15) is 0 Å². The molecule has 0 aromatic heterocycles. The molecule has 130 valence electrons. The molecule has 0 radical (unpaired) electrons. The van der Waals surface area contributed by atoms with E-state index in [1.54, 1.807) is 0 Å². The minimum atomic E-state index is -3.76. The van der Waals surface area contributed by atoms with E-state index in [1.807, 2.05) is 13.8 Å². The van der Waals surface area contributed by atoms with Crippen LogP contribution in [-0.2, 0) is 10.0 Å². The molecule has 1 aromatic carbocycles. The van der Waals surface area contributed by atoms with Crippen molar-refractivity contribution in [1.29, 1.82) is 0 Å². The van der Waals surface area contributed by atoms with Gasteiger partial charge >= 0.3 is 5.97 Å². The molecule has 0 saturated heterocycles. The number of carbonyl (C=O) groups is 1. The molecule has 7 heteroatoms. The lowest BCUT2D eigenvalue weighted by atomic mass is 10.1. The largest absolute Gasteiger partial charge is 0.478 e. The number of aromatic carboxylic acids is 1. The number of anilines is 1. The predicted octanol–water partition coefficient (Wildman–Crippen LogP) is 3.06. The fourth-order valence-corrected chi connectivity index (χ4v) is 3.50. The minimum Gasteiger partial charge on any atom is -0.478 e. The summed E-state index contributed by atoms with van der Waals surface area (Å²) in [5.74, 6) is -1.15. The van der Waals surface area contributed by atoms with Crippen LogP contribution in [0.2, 0.25) is 0 Å². The lowest BCUT2D eigenvalue weighted by molar-refractivity contribution is 0.0696. The fraction of sp³-hybridized carbons (Fsp3) is 0.562. The number of rotatable bonds is 10. The molecule has 23 heavy (non-hydrogen) atoms. The van der Waals surface area contributed by atoms with E-state index >= 15 is 0 Å². The maximum absolute atomic E-state index is 12.5. The van der Waals surface area contributed by atoms with Gasteiger partial charge in [0.1, 0.15) is 4.90 Å². The smallest absolute Gasteiger partial charge is 0.335 e. The summed E-state index contributed by atoms with van der Waals surface area (Å²) in [6.45, 7) is 6.32. The van der Waals surface area contributed by atoms with E-state index in [0.29, 0.717) is 12.2 Å². The van der Waals surface area contributed by atoms with Gasteiger partial charge in [0.05, 0.1) is 11.3 Å². The van der Waals surface area contributed by atoms with E-state index < -0.39 is 16.0 Å². The summed E-state index contributed by atoms with van der Waals surface area (Å²) in [5, 5.41) is 12.3. The summed E-state index contributed by atoms with van der Waals surface area (Å²) in [6.07, 6.45) is 3.46. The molecule has 0 aliphatic carbocycles. The Kier molecular flexibility index (Phi) is 7.51. The molecule has 3 N–H and O–H groups in total. The molecule has 1 aromatic rings. The van der Waals surface area contributed by atoms with Crippen LogP contribution in [0.25, 0.3) is 0 Å². The molecule has 0 unspecified atom stereocenters. The zero-order valence-corrected chi connectivity index (χ0v) is 14.7. The van der Waals surface area contributed by atoms with Crippen LogP contribution < -0.4 is 10.0 Å². The zero-order valence-electron chi connectivity index (χ0n) is 13.9. The highest BCUT2D eigenvalue weighted by atomic mass is 32.2. The highest BCUT2D eigenvalue weighted by Gasteiger charge is 2.21. The molecule has 6 nitrogen and oxygen atoms in total. The Hall–Kier alpha value is -1.60. The van der Waals surface area contributed by atoms with Gasteiger partial charge in [0.25, 0.3) is 0 Å². The van der Waals surface area contributed by atoms with Crippen molar-refractivity contribution in [2.75, 3.05) is 11.9 Å². The number of sulfonamides is 1. The molecule has 0 aliphatic rings. The Morgan fingerprint density at radius 3 is 2.52 bits per heavy atom. The van der Waals surface area contributed by atoms with Crippen LogP contribution in [0, 0.1) is 0 Å². The molecule has 0 fully saturated rings. The van der Waals surface area contributed by atoms with Gasteiger partial charge in [-0.15, -0.1) is 0 Å². The van der Waals surface area contributed by atoms with E-state index in [1.165, 1.54) is 18.2 Å². The summed E-state index contributed by atoms with van der Waals surface area (Å²) in [4.78, 5) is 11.1. The molecule has 0 saturated carbocycles. The molecular weight excluding hydrogens is 316 g/mol. The van der Waals surface area contributed by atoms with Crippen molar-refractivity contribution < 1.29 is 18.3 Å². The Balaban J connectivity index is 3.17. The Bertz CT molecular complexity index is 629. The quantitative estimate of drug-likeness (QED) is 0.568. The Labute approximate surface area is 138 Å². The Morgan fingerprint density at radius 1 is 1.26 bits per heavy atom. The maximum Gasteiger partial charge on any atom is 0.335 e. The van der Waals surface area contributed by atoms with E-state index in [-0.39, 0.29) is 16.5 Å². The zero-order chi connectivity index (χ0) is 17.5. The van der Waals surface area contributed by atoms with Crippen molar-refractivity contribution in [2.45, 2.75) is 57.4 Å². The van der Waals surface area contributed by atoms with Crippen molar-refractivity contribution in [2.24, 2.45) is 0 Å². The number of carboxylic acid groups (broad SMARTS) is 1. The highest BCUT2D eigenvalue weighted by Crippen LogP contribution is 2.24. The van der Waals surface area contributed by atoms with Gasteiger partial charge in [-0.05, 0) is 38.0 Å². The summed E-state index contributed by atoms with van der Waals surface area (Å²) >= 11 is 0. The van der Waals surface area contributed by atoms with Crippen LogP contribution in [0.1, 0.15) is 56.8 Å². The van der Waals surface area contributed by atoms with Crippen LogP contribution in [-0.4, -0.2) is 32.1 Å². The standard InChI is InChI=1S/C16H26N2O4S/c1-4-6-10-17-23(21,22)15-11-13(16(19)20)8-9-14(15)18-12(3)7-5-2/h8-9,11-12,17-18H,4-7,10H2,1-3H3,(H,19,20)/t12-/m0/s1. The first-order chi connectivity index (χ1) is 10.8.